The van der Waals surface area contributed by atoms with Crippen LogP contribution < -0.4 is 4.74 Å². The molecule has 1 fully saturated rings. The second-order valence-electron chi connectivity index (χ2n) is 6.74. The van der Waals surface area contributed by atoms with Crippen molar-refractivity contribution in [2.75, 3.05) is 33.4 Å². The number of hydrogen-bond donors (Lipinski definition) is 0. The summed E-state index contributed by atoms with van der Waals surface area (Å²) < 4.78 is 12.0. The molecule has 0 bridgehead atoms. The van der Waals surface area contributed by atoms with Crippen LogP contribution in [0.5, 0.6) is 5.75 Å². The quantitative estimate of drug-likeness (QED) is 0.475. The van der Waals surface area contributed by atoms with Gasteiger partial charge in [-0.1, -0.05) is 6.07 Å². The number of rotatable bonds is 5. The Morgan fingerprint density at radius 1 is 1.13 bits per heavy atom. The molecule has 30 heavy (non-hydrogen) atoms. The minimum Gasteiger partial charge on any atom is -0.497 e. The molecule has 9 heteroatoms. The molecule has 9 nitrogen and oxygen atoms in total. The first kappa shape index (κ1) is 19.6. The van der Waals surface area contributed by atoms with E-state index in [1.54, 1.807) is 30.2 Å². The minimum absolute atomic E-state index is 0.0706. The van der Waals surface area contributed by atoms with Gasteiger partial charge < -0.3 is 14.4 Å². The minimum atomic E-state index is -0.471. The number of nitrogens with zero attached hydrogens (tertiary/aromatic N) is 4. The Labute approximate surface area is 172 Å². The van der Waals surface area contributed by atoms with Gasteiger partial charge in [-0.2, -0.15) is 5.10 Å². The van der Waals surface area contributed by atoms with Gasteiger partial charge in [0.15, 0.2) is 0 Å². The van der Waals surface area contributed by atoms with E-state index in [0.29, 0.717) is 49.1 Å². The molecule has 4 rings (SSSR count). The Morgan fingerprint density at radius 2 is 1.87 bits per heavy atom. The van der Waals surface area contributed by atoms with Crippen LogP contribution in [-0.2, 0) is 4.74 Å². The molecule has 2 heterocycles. The van der Waals surface area contributed by atoms with Gasteiger partial charge in [0, 0.05) is 30.8 Å². The van der Waals surface area contributed by atoms with Crippen molar-refractivity contribution < 1.29 is 19.2 Å². The third kappa shape index (κ3) is 3.87. The van der Waals surface area contributed by atoms with Crippen LogP contribution in [0.15, 0.2) is 54.6 Å². The number of hydrogen-bond acceptors (Lipinski definition) is 6. The van der Waals surface area contributed by atoms with Crippen LogP contribution >= 0.6 is 0 Å². The fraction of sp³-hybridized carbons (Fsp3) is 0.238. The molecule has 0 radical (unpaired) electrons. The maximum Gasteiger partial charge on any atom is 0.272 e. The van der Waals surface area contributed by atoms with E-state index in [4.69, 9.17) is 9.47 Å². The average Bonchev–Trinajstić information content (AvgIpc) is 3.25. The number of methoxy groups -OCH3 is 1. The lowest BCUT2D eigenvalue weighted by molar-refractivity contribution is -0.384. The fourth-order valence-corrected chi connectivity index (χ4v) is 3.30. The van der Waals surface area contributed by atoms with E-state index >= 15 is 0 Å². The normalized spacial score (nSPS) is 13.8. The van der Waals surface area contributed by atoms with Crippen LogP contribution in [0.3, 0.4) is 0 Å². The molecule has 1 aromatic heterocycles. The van der Waals surface area contributed by atoms with Gasteiger partial charge in [-0.15, -0.1) is 0 Å². The van der Waals surface area contributed by atoms with Crippen molar-refractivity contribution in [1.29, 1.82) is 0 Å². The van der Waals surface area contributed by atoms with Crippen molar-refractivity contribution in [2.45, 2.75) is 0 Å². The van der Waals surface area contributed by atoms with E-state index < -0.39 is 4.92 Å². The number of ether oxygens (including phenoxy) is 2. The predicted molar refractivity (Wildman–Crippen MR) is 109 cm³/mol. The largest absolute Gasteiger partial charge is 0.497 e. The number of aromatic nitrogens is 2. The molecule has 2 aromatic carbocycles. The van der Waals surface area contributed by atoms with Crippen molar-refractivity contribution in [1.82, 2.24) is 14.7 Å². The molecule has 0 atom stereocenters. The van der Waals surface area contributed by atoms with E-state index in [2.05, 4.69) is 5.10 Å². The summed E-state index contributed by atoms with van der Waals surface area (Å²) in [7, 11) is 1.59. The lowest BCUT2D eigenvalue weighted by Crippen LogP contribution is -2.41. The van der Waals surface area contributed by atoms with E-state index in [-0.39, 0.29) is 11.6 Å². The van der Waals surface area contributed by atoms with E-state index in [9.17, 15) is 14.9 Å². The third-order valence-corrected chi connectivity index (χ3v) is 4.90. The number of carbonyl (C=O) groups excluding carboxylic acids is 1. The molecule has 0 unspecified atom stereocenters. The lowest BCUT2D eigenvalue weighted by atomic mass is 10.1. The third-order valence-electron chi connectivity index (χ3n) is 4.90. The highest BCUT2D eigenvalue weighted by Gasteiger charge is 2.25. The van der Waals surface area contributed by atoms with E-state index in [0.717, 1.165) is 5.56 Å². The van der Waals surface area contributed by atoms with E-state index in [1.807, 2.05) is 24.3 Å². The van der Waals surface area contributed by atoms with Crippen molar-refractivity contribution in [2.24, 2.45) is 0 Å². The predicted octanol–water partition coefficient (Wildman–Crippen LogP) is 2.93. The van der Waals surface area contributed by atoms with Gasteiger partial charge in [0.1, 0.15) is 11.4 Å². The number of morpholine rings is 1. The van der Waals surface area contributed by atoms with Crippen molar-refractivity contribution in [3.63, 3.8) is 0 Å². The van der Waals surface area contributed by atoms with Gasteiger partial charge in [-0.25, -0.2) is 4.68 Å². The summed E-state index contributed by atoms with van der Waals surface area (Å²) in [5, 5.41) is 15.8. The zero-order chi connectivity index (χ0) is 21.1. The summed E-state index contributed by atoms with van der Waals surface area (Å²) in [6, 6.07) is 15.1. The molecular weight excluding hydrogens is 388 g/mol. The Hall–Kier alpha value is -3.72. The number of nitro groups is 1. The monoisotopic (exact) mass is 408 g/mol. The molecule has 3 aromatic rings. The number of benzene rings is 2. The number of amides is 1. The van der Waals surface area contributed by atoms with Crippen LogP contribution in [0, 0.1) is 10.1 Å². The second-order valence-corrected chi connectivity index (χ2v) is 6.74. The first-order chi connectivity index (χ1) is 14.6. The zero-order valence-electron chi connectivity index (χ0n) is 16.4. The molecule has 1 aliphatic rings. The van der Waals surface area contributed by atoms with Crippen LogP contribution in [0.2, 0.25) is 0 Å². The molecule has 0 spiro atoms. The first-order valence-electron chi connectivity index (χ1n) is 9.43. The summed E-state index contributed by atoms with van der Waals surface area (Å²) in [6.45, 7) is 1.91. The molecule has 1 saturated heterocycles. The summed E-state index contributed by atoms with van der Waals surface area (Å²) in [5.74, 6) is 0.513. The maximum absolute atomic E-state index is 13.2. The van der Waals surface area contributed by atoms with Crippen LogP contribution in [0.25, 0.3) is 16.9 Å². The molecule has 0 N–H and O–H groups in total. The Balaban J connectivity index is 1.79. The highest BCUT2D eigenvalue weighted by Crippen LogP contribution is 2.26. The van der Waals surface area contributed by atoms with Gasteiger partial charge in [0.25, 0.3) is 11.6 Å². The van der Waals surface area contributed by atoms with Gasteiger partial charge in [0.05, 0.1) is 36.6 Å². The summed E-state index contributed by atoms with van der Waals surface area (Å²) in [6.07, 6.45) is 0. The molecule has 1 amide bonds. The summed E-state index contributed by atoms with van der Waals surface area (Å²) in [4.78, 5) is 25.7. The first-order valence-corrected chi connectivity index (χ1v) is 9.43. The van der Waals surface area contributed by atoms with Crippen molar-refractivity contribution >= 4 is 11.6 Å². The van der Waals surface area contributed by atoms with Gasteiger partial charge >= 0.3 is 0 Å². The highest BCUT2D eigenvalue weighted by atomic mass is 16.6. The van der Waals surface area contributed by atoms with Crippen LogP contribution in [-0.4, -0.2) is 58.9 Å². The summed E-state index contributed by atoms with van der Waals surface area (Å²) >= 11 is 0. The Morgan fingerprint density at radius 3 is 2.53 bits per heavy atom. The van der Waals surface area contributed by atoms with Crippen LogP contribution in [0.4, 0.5) is 5.69 Å². The Bertz CT molecular complexity index is 1070. The molecule has 0 saturated carbocycles. The highest BCUT2D eigenvalue weighted by molar-refractivity contribution is 5.94. The van der Waals surface area contributed by atoms with Gasteiger partial charge in [0.2, 0.25) is 0 Å². The smallest absolute Gasteiger partial charge is 0.272 e. The van der Waals surface area contributed by atoms with Gasteiger partial charge in [-0.3, -0.25) is 14.9 Å². The topological polar surface area (TPSA) is 99.7 Å². The van der Waals surface area contributed by atoms with Crippen molar-refractivity contribution in [3.05, 3.63) is 70.4 Å². The average molecular weight is 408 g/mol. The molecular formula is C21H20N4O5. The van der Waals surface area contributed by atoms with Crippen LogP contribution in [0.1, 0.15) is 10.5 Å². The standard InChI is InChI=1S/C21H20N4O5/c1-29-18-7-5-15(6-8-18)19-14-20(21(26)23-9-11-30-12-10-23)24(22-19)16-3-2-4-17(13-16)25(27)28/h2-8,13-14H,9-12H2,1H3. The maximum atomic E-state index is 13.2. The number of carbonyl (C=O) groups is 1. The Kier molecular flexibility index (Phi) is 5.44. The number of non-ortho nitro benzene ring substituents is 1. The molecule has 154 valence electrons. The molecule has 0 aliphatic carbocycles. The summed E-state index contributed by atoms with van der Waals surface area (Å²) in [5.41, 5.74) is 2.10. The SMILES string of the molecule is COc1ccc(-c2cc(C(=O)N3CCOCC3)n(-c3cccc([N+](=O)[O-])c3)n2)cc1. The second kappa shape index (κ2) is 8.34. The zero-order valence-corrected chi connectivity index (χ0v) is 16.4. The van der Waals surface area contributed by atoms with Crippen molar-refractivity contribution in [3.8, 4) is 22.7 Å². The van der Waals surface area contributed by atoms with E-state index in [1.165, 1.54) is 16.8 Å². The van der Waals surface area contributed by atoms with Gasteiger partial charge in [-0.05, 0) is 36.4 Å². The fourth-order valence-electron chi connectivity index (χ4n) is 3.30. The molecule has 1 aliphatic heterocycles. The lowest BCUT2D eigenvalue weighted by Gasteiger charge is -2.26. The number of nitro benzene ring substituents is 1.